The first-order valence-corrected chi connectivity index (χ1v) is 5.81. The molecule has 0 aromatic heterocycles. The molecule has 0 saturated heterocycles. The predicted molar refractivity (Wildman–Crippen MR) is 72.7 cm³/mol. The monoisotopic (exact) mass is 280 g/mol. The Morgan fingerprint density at radius 2 is 2.12 bits per heavy atom. The van der Waals surface area contributed by atoms with Crippen molar-refractivity contribution < 1.29 is 0 Å². The minimum Gasteiger partial charge on any atom is -0.371 e. The number of aryl methyl sites for hydroxylation is 1. The second-order valence-corrected chi connectivity index (χ2v) is 4.34. The van der Waals surface area contributed by atoms with Gasteiger partial charge in [0, 0.05) is 12.5 Å². The Labute approximate surface area is 107 Å². The van der Waals surface area contributed by atoms with E-state index in [0.717, 1.165) is 13.1 Å². The second-order valence-electron chi connectivity index (χ2n) is 4.34. The average Bonchev–Trinajstić information content (AvgIpc) is 2.82. The highest BCUT2D eigenvalue weighted by Gasteiger charge is 2.25. The molecular weight excluding hydrogens is 264 g/mol. The van der Waals surface area contributed by atoms with Crippen molar-refractivity contribution in [1.82, 2.24) is 5.32 Å². The highest BCUT2D eigenvalue weighted by Crippen LogP contribution is 2.32. The first-order valence-electron chi connectivity index (χ1n) is 5.81. The molecule has 0 radical (unpaired) electrons. The van der Waals surface area contributed by atoms with Gasteiger partial charge in [0.2, 0.25) is 0 Å². The van der Waals surface area contributed by atoms with Gasteiger partial charge in [0.25, 0.3) is 0 Å². The number of nitrogens with zero attached hydrogens (tertiary/aromatic N) is 1. The minimum atomic E-state index is 0. The van der Waals surface area contributed by atoms with Crippen LogP contribution in [0.1, 0.15) is 29.9 Å². The van der Waals surface area contributed by atoms with Gasteiger partial charge in [-0.3, -0.25) is 4.99 Å². The van der Waals surface area contributed by atoms with Crippen LogP contribution in [0.4, 0.5) is 0 Å². The number of rotatable bonds is 1. The molecule has 2 nitrogen and oxygen atoms in total. The average molecular weight is 281 g/mol. The molecular formula is C13H17BrN2. The molecule has 1 aliphatic carbocycles. The summed E-state index contributed by atoms with van der Waals surface area (Å²) < 4.78 is 0. The molecule has 1 aromatic rings. The lowest BCUT2D eigenvalue weighted by Gasteiger charge is -2.25. The topological polar surface area (TPSA) is 24.4 Å². The van der Waals surface area contributed by atoms with Crippen molar-refractivity contribution in [2.24, 2.45) is 4.99 Å². The lowest BCUT2D eigenvalue weighted by Crippen LogP contribution is -2.28. The third-order valence-electron chi connectivity index (χ3n) is 3.40. The summed E-state index contributed by atoms with van der Waals surface area (Å²) >= 11 is 0. The van der Waals surface area contributed by atoms with Crippen LogP contribution >= 0.6 is 17.0 Å². The quantitative estimate of drug-likeness (QED) is 0.841. The minimum absolute atomic E-state index is 0. The molecule has 1 atom stereocenters. The van der Waals surface area contributed by atoms with E-state index < -0.39 is 0 Å². The van der Waals surface area contributed by atoms with E-state index in [9.17, 15) is 0 Å². The highest BCUT2D eigenvalue weighted by atomic mass is 79.9. The zero-order chi connectivity index (χ0) is 10.1. The standard InChI is InChI=1S/C13H16N2.BrH/c1-2-6-11-10(4-1)5-3-7-12(11)13-14-8-9-15-13;/h1-2,4,6,12H,3,5,7-9H2,(H,14,15);1H. The molecule has 0 bridgehead atoms. The maximum absolute atomic E-state index is 4.56. The van der Waals surface area contributed by atoms with Crippen LogP contribution in [0, 0.1) is 0 Å². The number of benzene rings is 1. The van der Waals surface area contributed by atoms with Gasteiger partial charge in [-0.05, 0) is 30.4 Å². The lowest BCUT2D eigenvalue weighted by atomic mass is 9.82. The summed E-state index contributed by atoms with van der Waals surface area (Å²) in [6.45, 7) is 1.97. The van der Waals surface area contributed by atoms with E-state index in [2.05, 4.69) is 34.6 Å². The molecule has 1 aromatic carbocycles. The molecule has 0 amide bonds. The van der Waals surface area contributed by atoms with Gasteiger partial charge < -0.3 is 5.32 Å². The van der Waals surface area contributed by atoms with Gasteiger partial charge in [0.15, 0.2) is 0 Å². The molecule has 1 N–H and O–H groups in total. The summed E-state index contributed by atoms with van der Waals surface area (Å²) in [7, 11) is 0. The van der Waals surface area contributed by atoms with Gasteiger partial charge in [0.05, 0.1) is 6.54 Å². The van der Waals surface area contributed by atoms with Crippen LogP contribution < -0.4 is 5.32 Å². The molecule has 0 spiro atoms. The molecule has 2 aliphatic rings. The van der Waals surface area contributed by atoms with E-state index in [1.807, 2.05) is 0 Å². The first-order chi connectivity index (χ1) is 7.45. The molecule has 3 rings (SSSR count). The van der Waals surface area contributed by atoms with Crippen LogP contribution in [0.3, 0.4) is 0 Å². The number of nitrogens with one attached hydrogen (secondary N) is 1. The Morgan fingerprint density at radius 1 is 1.25 bits per heavy atom. The molecule has 3 heteroatoms. The zero-order valence-electron chi connectivity index (χ0n) is 9.28. The van der Waals surface area contributed by atoms with E-state index in [4.69, 9.17) is 0 Å². The van der Waals surface area contributed by atoms with E-state index in [-0.39, 0.29) is 17.0 Å². The van der Waals surface area contributed by atoms with Crippen LogP contribution in [0.15, 0.2) is 29.3 Å². The molecule has 1 unspecified atom stereocenters. The van der Waals surface area contributed by atoms with Gasteiger partial charge in [0.1, 0.15) is 5.84 Å². The number of halogens is 1. The summed E-state index contributed by atoms with van der Waals surface area (Å²) in [5.74, 6) is 1.76. The van der Waals surface area contributed by atoms with E-state index in [0.29, 0.717) is 5.92 Å². The normalized spacial score (nSPS) is 22.8. The smallest absolute Gasteiger partial charge is 0.104 e. The Hall–Kier alpha value is -0.830. The fourth-order valence-electron chi connectivity index (χ4n) is 2.69. The number of hydrogen-bond acceptors (Lipinski definition) is 2. The fourth-order valence-corrected chi connectivity index (χ4v) is 2.69. The van der Waals surface area contributed by atoms with E-state index in [1.165, 1.54) is 36.2 Å². The Kier molecular flexibility index (Phi) is 3.64. The summed E-state index contributed by atoms with van der Waals surface area (Å²) in [4.78, 5) is 4.56. The van der Waals surface area contributed by atoms with E-state index in [1.54, 1.807) is 0 Å². The van der Waals surface area contributed by atoms with Gasteiger partial charge in [-0.1, -0.05) is 24.3 Å². The molecule has 1 aliphatic heterocycles. The van der Waals surface area contributed by atoms with Crippen molar-refractivity contribution in [3.8, 4) is 0 Å². The van der Waals surface area contributed by atoms with Crippen molar-refractivity contribution in [1.29, 1.82) is 0 Å². The van der Waals surface area contributed by atoms with Gasteiger partial charge in [-0.2, -0.15) is 0 Å². The number of aliphatic imine (C=N–C) groups is 1. The van der Waals surface area contributed by atoms with Crippen LogP contribution in [0.2, 0.25) is 0 Å². The number of amidine groups is 1. The van der Waals surface area contributed by atoms with Crippen LogP contribution in [0.25, 0.3) is 0 Å². The van der Waals surface area contributed by atoms with Crippen molar-refractivity contribution in [3.63, 3.8) is 0 Å². The zero-order valence-corrected chi connectivity index (χ0v) is 11.0. The number of fused-ring (bicyclic) bond motifs is 1. The van der Waals surface area contributed by atoms with E-state index >= 15 is 0 Å². The van der Waals surface area contributed by atoms with Gasteiger partial charge >= 0.3 is 0 Å². The Bertz CT molecular complexity index is 401. The summed E-state index contributed by atoms with van der Waals surface area (Å²) in [5, 5.41) is 3.42. The second kappa shape index (κ2) is 5.00. The van der Waals surface area contributed by atoms with Crippen LogP contribution in [0.5, 0.6) is 0 Å². The summed E-state index contributed by atoms with van der Waals surface area (Å²) in [5.41, 5.74) is 3.02. The SMILES string of the molecule is Br.c1ccc2c(c1)CCCC2C1=NCCN1. The Morgan fingerprint density at radius 3 is 2.94 bits per heavy atom. The fraction of sp³-hybridized carbons (Fsp3) is 0.462. The van der Waals surface area contributed by atoms with Crippen molar-refractivity contribution >= 4 is 22.8 Å². The highest BCUT2D eigenvalue weighted by molar-refractivity contribution is 8.93. The first kappa shape index (κ1) is 11.6. The van der Waals surface area contributed by atoms with Crippen LogP contribution in [-0.4, -0.2) is 18.9 Å². The predicted octanol–water partition coefficient (Wildman–Crippen LogP) is 2.69. The third kappa shape index (κ3) is 2.01. The molecule has 86 valence electrons. The lowest BCUT2D eigenvalue weighted by molar-refractivity contribution is 0.641. The Balaban J connectivity index is 0.000000963. The molecule has 0 fully saturated rings. The van der Waals surface area contributed by atoms with Gasteiger partial charge in [-0.15, -0.1) is 17.0 Å². The number of hydrogen-bond donors (Lipinski definition) is 1. The molecule has 0 saturated carbocycles. The van der Waals surface area contributed by atoms with Crippen molar-refractivity contribution in [2.75, 3.05) is 13.1 Å². The van der Waals surface area contributed by atoms with Crippen molar-refractivity contribution in [3.05, 3.63) is 35.4 Å². The largest absolute Gasteiger partial charge is 0.371 e. The molecule has 1 heterocycles. The van der Waals surface area contributed by atoms with Crippen LogP contribution in [-0.2, 0) is 6.42 Å². The maximum atomic E-state index is 4.56. The third-order valence-corrected chi connectivity index (χ3v) is 3.40. The van der Waals surface area contributed by atoms with Gasteiger partial charge in [-0.25, -0.2) is 0 Å². The summed E-state index contributed by atoms with van der Waals surface area (Å²) in [6, 6.07) is 8.82. The maximum Gasteiger partial charge on any atom is 0.104 e. The summed E-state index contributed by atoms with van der Waals surface area (Å²) in [6.07, 6.45) is 3.78. The van der Waals surface area contributed by atoms with Crippen molar-refractivity contribution in [2.45, 2.75) is 25.2 Å². The molecule has 16 heavy (non-hydrogen) atoms.